The second kappa shape index (κ2) is 9.18. The standard InChI is InChI=1S/C17H16N2O5S2/c18-26(22,23)15-8-4-5-13(11-15)19-16(20)12-24-17(21)9-10-25-14-6-2-1-3-7-14/h1-11H,12H2,(H,19,20)(H2,18,22,23)/b10-9+. The number of benzene rings is 2. The van der Waals surface area contributed by atoms with Crippen LogP contribution in [0.25, 0.3) is 0 Å². The lowest BCUT2D eigenvalue weighted by atomic mass is 10.3. The lowest BCUT2D eigenvalue weighted by Gasteiger charge is -2.06. The molecule has 0 saturated carbocycles. The molecule has 0 unspecified atom stereocenters. The van der Waals surface area contributed by atoms with E-state index in [0.29, 0.717) is 0 Å². The molecular weight excluding hydrogens is 376 g/mol. The van der Waals surface area contributed by atoms with E-state index in [0.717, 1.165) is 4.90 Å². The largest absolute Gasteiger partial charge is 0.452 e. The first-order valence-corrected chi connectivity index (χ1v) is 9.75. The fourth-order valence-corrected chi connectivity index (χ4v) is 3.01. The first kappa shape index (κ1) is 19.7. The maximum Gasteiger partial charge on any atom is 0.331 e. The van der Waals surface area contributed by atoms with E-state index >= 15 is 0 Å². The van der Waals surface area contributed by atoms with E-state index in [2.05, 4.69) is 5.32 Å². The van der Waals surface area contributed by atoms with Gasteiger partial charge in [-0.1, -0.05) is 36.0 Å². The third-order valence-electron chi connectivity index (χ3n) is 2.94. The van der Waals surface area contributed by atoms with Gasteiger partial charge in [-0.3, -0.25) is 4.79 Å². The van der Waals surface area contributed by atoms with Gasteiger partial charge in [0.1, 0.15) is 0 Å². The molecule has 0 bridgehead atoms. The quantitative estimate of drug-likeness (QED) is 0.424. The Hall–Kier alpha value is -2.62. The van der Waals surface area contributed by atoms with Crippen LogP contribution in [0.1, 0.15) is 0 Å². The summed E-state index contributed by atoms with van der Waals surface area (Å²) in [5, 5.41) is 9.01. The van der Waals surface area contributed by atoms with Crippen molar-refractivity contribution in [3.05, 3.63) is 66.1 Å². The van der Waals surface area contributed by atoms with Crippen LogP contribution in [0.15, 0.2) is 75.9 Å². The van der Waals surface area contributed by atoms with Crippen LogP contribution in [0.5, 0.6) is 0 Å². The number of anilines is 1. The van der Waals surface area contributed by atoms with E-state index in [1.54, 1.807) is 5.41 Å². The van der Waals surface area contributed by atoms with E-state index in [4.69, 9.17) is 9.88 Å². The summed E-state index contributed by atoms with van der Waals surface area (Å²) >= 11 is 1.34. The highest BCUT2D eigenvalue weighted by molar-refractivity contribution is 8.02. The molecule has 2 aromatic rings. The van der Waals surface area contributed by atoms with E-state index in [-0.39, 0.29) is 10.6 Å². The number of sulfonamides is 1. The van der Waals surface area contributed by atoms with Crippen molar-refractivity contribution in [2.45, 2.75) is 9.79 Å². The van der Waals surface area contributed by atoms with Crippen LogP contribution >= 0.6 is 11.8 Å². The highest BCUT2D eigenvalue weighted by Gasteiger charge is 2.10. The van der Waals surface area contributed by atoms with Gasteiger partial charge in [-0.15, -0.1) is 0 Å². The molecule has 0 fully saturated rings. The molecule has 7 nitrogen and oxygen atoms in total. The van der Waals surface area contributed by atoms with Crippen molar-refractivity contribution in [2.75, 3.05) is 11.9 Å². The molecule has 1 amide bonds. The fourth-order valence-electron chi connectivity index (χ4n) is 1.80. The molecule has 2 aromatic carbocycles. The summed E-state index contributed by atoms with van der Waals surface area (Å²) in [5.74, 6) is -1.27. The maximum atomic E-state index is 11.8. The Bertz CT molecular complexity index is 912. The van der Waals surface area contributed by atoms with Gasteiger partial charge in [-0.2, -0.15) is 0 Å². The molecule has 0 aliphatic carbocycles. The van der Waals surface area contributed by atoms with Gasteiger partial charge in [0.15, 0.2) is 6.61 Å². The Morgan fingerprint density at radius 3 is 2.54 bits per heavy atom. The Kier molecular flexibility index (Phi) is 6.96. The number of hydrogen-bond acceptors (Lipinski definition) is 6. The summed E-state index contributed by atoms with van der Waals surface area (Å²) < 4.78 is 27.4. The number of ether oxygens (including phenoxy) is 1. The molecule has 3 N–H and O–H groups in total. The van der Waals surface area contributed by atoms with Gasteiger partial charge in [0.05, 0.1) is 4.90 Å². The third-order valence-corrected chi connectivity index (χ3v) is 4.67. The Balaban J connectivity index is 1.80. The van der Waals surface area contributed by atoms with E-state index in [9.17, 15) is 18.0 Å². The topological polar surface area (TPSA) is 116 Å². The van der Waals surface area contributed by atoms with Gasteiger partial charge in [0, 0.05) is 16.7 Å². The van der Waals surface area contributed by atoms with E-state index < -0.39 is 28.5 Å². The minimum atomic E-state index is -3.87. The van der Waals surface area contributed by atoms with Crippen LogP contribution in [-0.2, 0) is 24.3 Å². The first-order chi connectivity index (χ1) is 12.3. The molecule has 0 spiro atoms. The summed E-state index contributed by atoms with van der Waals surface area (Å²) in [6.45, 7) is -0.501. The average Bonchev–Trinajstić information content (AvgIpc) is 2.60. The molecule has 136 valence electrons. The summed E-state index contributed by atoms with van der Waals surface area (Å²) in [6.07, 6.45) is 1.21. The van der Waals surface area contributed by atoms with Crippen LogP contribution in [0.3, 0.4) is 0 Å². The second-order valence-corrected chi connectivity index (χ2v) is 7.50. The van der Waals surface area contributed by atoms with Gasteiger partial charge in [-0.25, -0.2) is 18.4 Å². The number of primary sulfonamides is 1. The molecule has 26 heavy (non-hydrogen) atoms. The molecule has 2 rings (SSSR count). The number of nitrogens with one attached hydrogen (secondary N) is 1. The monoisotopic (exact) mass is 392 g/mol. The Morgan fingerprint density at radius 2 is 1.85 bits per heavy atom. The molecule has 0 radical (unpaired) electrons. The minimum Gasteiger partial charge on any atom is -0.452 e. The van der Waals surface area contributed by atoms with Gasteiger partial charge in [0.25, 0.3) is 5.91 Å². The van der Waals surface area contributed by atoms with Crippen molar-refractivity contribution in [1.82, 2.24) is 0 Å². The predicted molar refractivity (Wildman–Crippen MR) is 98.8 cm³/mol. The van der Waals surface area contributed by atoms with Gasteiger partial charge < -0.3 is 10.1 Å². The number of thioether (sulfide) groups is 1. The first-order valence-electron chi connectivity index (χ1n) is 7.32. The third kappa shape index (κ3) is 6.71. The summed E-state index contributed by atoms with van der Waals surface area (Å²) in [5.41, 5.74) is 0.229. The number of rotatable bonds is 7. The second-order valence-electron chi connectivity index (χ2n) is 4.96. The highest BCUT2D eigenvalue weighted by atomic mass is 32.2. The molecule has 0 aromatic heterocycles. The number of esters is 1. The van der Waals surface area contributed by atoms with Crippen LogP contribution in [-0.4, -0.2) is 26.9 Å². The normalized spacial score (nSPS) is 11.3. The van der Waals surface area contributed by atoms with Crippen LogP contribution in [0.2, 0.25) is 0 Å². The number of nitrogens with two attached hydrogens (primary N) is 1. The zero-order valence-electron chi connectivity index (χ0n) is 13.5. The average molecular weight is 392 g/mol. The van der Waals surface area contributed by atoms with Crippen LogP contribution < -0.4 is 10.5 Å². The van der Waals surface area contributed by atoms with Crippen LogP contribution in [0.4, 0.5) is 5.69 Å². The lowest BCUT2D eigenvalue weighted by Crippen LogP contribution is -2.20. The predicted octanol–water partition coefficient (Wildman–Crippen LogP) is 2.12. The van der Waals surface area contributed by atoms with E-state index in [1.807, 2.05) is 30.3 Å². The van der Waals surface area contributed by atoms with Crippen molar-refractivity contribution >= 4 is 39.3 Å². The summed E-state index contributed by atoms with van der Waals surface area (Å²) in [6, 6.07) is 14.9. The molecule has 0 heterocycles. The van der Waals surface area contributed by atoms with E-state index in [1.165, 1.54) is 42.1 Å². The molecule has 0 aliphatic heterocycles. The lowest BCUT2D eigenvalue weighted by molar-refractivity contribution is -0.142. The fraction of sp³-hybridized carbons (Fsp3) is 0.0588. The zero-order valence-corrected chi connectivity index (χ0v) is 15.1. The zero-order chi connectivity index (χ0) is 19.0. The molecular formula is C17H16N2O5S2. The highest BCUT2D eigenvalue weighted by Crippen LogP contribution is 2.18. The molecule has 9 heteroatoms. The number of carbonyl (C=O) groups is 2. The van der Waals surface area contributed by atoms with Gasteiger partial charge in [-0.05, 0) is 35.7 Å². The Morgan fingerprint density at radius 1 is 1.12 bits per heavy atom. The summed E-state index contributed by atoms with van der Waals surface area (Å²) in [7, 11) is -3.87. The van der Waals surface area contributed by atoms with Crippen molar-refractivity contribution in [2.24, 2.45) is 5.14 Å². The number of amides is 1. The van der Waals surface area contributed by atoms with Crippen molar-refractivity contribution in [3.8, 4) is 0 Å². The summed E-state index contributed by atoms with van der Waals surface area (Å²) in [4.78, 5) is 24.2. The van der Waals surface area contributed by atoms with Crippen molar-refractivity contribution < 1.29 is 22.7 Å². The molecule has 0 aliphatic rings. The van der Waals surface area contributed by atoms with Crippen molar-refractivity contribution in [3.63, 3.8) is 0 Å². The smallest absolute Gasteiger partial charge is 0.331 e. The SMILES string of the molecule is NS(=O)(=O)c1cccc(NC(=O)COC(=O)/C=C/Sc2ccccc2)c1. The maximum absolute atomic E-state index is 11.8. The molecule has 0 atom stereocenters. The van der Waals surface area contributed by atoms with Crippen molar-refractivity contribution in [1.29, 1.82) is 0 Å². The minimum absolute atomic E-state index is 0.131. The van der Waals surface area contributed by atoms with Gasteiger partial charge >= 0.3 is 5.97 Å². The number of hydrogen-bond donors (Lipinski definition) is 2. The van der Waals surface area contributed by atoms with Gasteiger partial charge in [0.2, 0.25) is 10.0 Å². The number of carbonyl (C=O) groups excluding carboxylic acids is 2. The molecule has 0 saturated heterocycles. The van der Waals surface area contributed by atoms with Crippen LogP contribution in [0, 0.1) is 0 Å². The Labute approximate surface area is 155 Å².